The zero-order chi connectivity index (χ0) is 22.2. The summed E-state index contributed by atoms with van der Waals surface area (Å²) in [5, 5.41) is 21.6. The summed E-state index contributed by atoms with van der Waals surface area (Å²) in [6.07, 6.45) is 1.35. The molecule has 0 fully saturated rings. The normalized spacial score (nSPS) is 10.8. The molecule has 0 aliphatic carbocycles. The number of aromatic carboxylic acids is 1. The molecule has 2 N–H and O–H groups in total. The number of amides is 1. The molecular formula is C25H20N2O4. The SMILES string of the molecule is Cc1cccc(NC(=O)/C(C#N)=C\c2ccc(OCc3ccccc3)c(C(=O)O)c2)c1. The summed E-state index contributed by atoms with van der Waals surface area (Å²) < 4.78 is 5.66. The van der Waals surface area contributed by atoms with Gasteiger partial charge >= 0.3 is 5.97 Å². The Morgan fingerprint density at radius 1 is 1.06 bits per heavy atom. The van der Waals surface area contributed by atoms with Gasteiger partial charge in [0.2, 0.25) is 0 Å². The first-order valence-corrected chi connectivity index (χ1v) is 9.50. The van der Waals surface area contributed by atoms with Crippen molar-refractivity contribution in [1.82, 2.24) is 0 Å². The highest BCUT2D eigenvalue weighted by molar-refractivity contribution is 6.09. The average molecular weight is 412 g/mol. The van der Waals surface area contributed by atoms with Gasteiger partial charge in [-0.25, -0.2) is 4.79 Å². The van der Waals surface area contributed by atoms with E-state index >= 15 is 0 Å². The number of nitriles is 1. The number of carbonyl (C=O) groups excluding carboxylic acids is 1. The number of rotatable bonds is 7. The molecule has 6 heteroatoms. The number of hydrogen-bond donors (Lipinski definition) is 2. The summed E-state index contributed by atoms with van der Waals surface area (Å²) in [4.78, 5) is 24.2. The third-order valence-corrected chi connectivity index (χ3v) is 4.42. The lowest BCUT2D eigenvalue weighted by molar-refractivity contribution is -0.112. The van der Waals surface area contributed by atoms with Gasteiger partial charge in [-0.3, -0.25) is 4.79 Å². The number of aryl methyl sites for hydroxylation is 1. The van der Waals surface area contributed by atoms with Crippen LogP contribution in [0.15, 0.2) is 78.4 Å². The van der Waals surface area contributed by atoms with E-state index in [1.165, 1.54) is 18.2 Å². The number of anilines is 1. The van der Waals surface area contributed by atoms with E-state index in [0.717, 1.165) is 11.1 Å². The maximum absolute atomic E-state index is 12.5. The standard InChI is InChI=1S/C25H20N2O4/c1-17-6-5-9-21(12-17)27-24(28)20(15-26)13-19-10-11-23(22(14-19)25(29)30)31-16-18-7-3-2-4-8-18/h2-14H,16H2,1H3,(H,27,28)(H,29,30)/b20-13-. The van der Waals surface area contributed by atoms with Crippen molar-refractivity contribution in [2.75, 3.05) is 5.32 Å². The summed E-state index contributed by atoms with van der Waals surface area (Å²) in [5.74, 6) is -1.54. The van der Waals surface area contributed by atoms with Crippen LogP contribution in [-0.4, -0.2) is 17.0 Å². The van der Waals surface area contributed by atoms with E-state index in [-0.39, 0.29) is 23.5 Å². The second kappa shape index (κ2) is 9.90. The Morgan fingerprint density at radius 3 is 2.52 bits per heavy atom. The van der Waals surface area contributed by atoms with E-state index in [4.69, 9.17) is 4.74 Å². The molecule has 0 bridgehead atoms. The number of ether oxygens (including phenoxy) is 1. The third-order valence-electron chi connectivity index (χ3n) is 4.42. The second-order valence-corrected chi connectivity index (χ2v) is 6.83. The van der Waals surface area contributed by atoms with E-state index in [9.17, 15) is 20.0 Å². The van der Waals surface area contributed by atoms with Crippen LogP contribution in [0.2, 0.25) is 0 Å². The summed E-state index contributed by atoms with van der Waals surface area (Å²) >= 11 is 0. The van der Waals surface area contributed by atoms with E-state index in [1.807, 2.05) is 49.4 Å². The smallest absolute Gasteiger partial charge is 0.339 e. The van der Waals surface area contributed by atoms with E-state index in [2.05, 4.69) is 5.32 Å². The Hall–Kier alpha value is -4.37. The highest BCUT2D eigenvalue weighted by Gasteiger charge is 2.14. The molecule has 154 valence electrons. The highest BCUT2D eigenvalue weighted by Crippen LogP contribution is 2.23. The fraction of sp³-hybridized carbons (Fsp3) is 0.0800. The van der Waals surface area contributed by atoms with E-state index in [1.54, 1.807) is 24.3 Å². The number of nitrogens with zero attached hydrogens (tertiary/aromatic N) is 1. The summed E-state index contributed by atoms with van der Waals surface area (Å²) in [6, 6.07) is 22.9. The second-order valence-electron chi connectivity index (χ2n) is 6.83. The molecular weight excluding hydrogens is 392 g/mol. The maximum Gasteiger partial charge on any atom is 0.339 e. The van der Waals surface area contributed by atoms with Crippen molar-refractivity contribution in [2.45, 2.75) is 13.5 Å². The van der Waals surface area contributed by atoms with Gasteiger partial charge in [0.15, 0.2) is 0 Å². The van der Waals surface area contributed by atoms with Gasteiger partial charge in [0.1, 0.15) is 29.6 Å². The van der Waals surface area contributed by atoms with Crippen molar-refractivity contribution < 1.29 is 19.4 Å². The first-order chi connectivity index (χ1) is 15.0. The van der Waals surface area contributed by atoms with Gasteiger partial charge in [-0.2, -0.15) is 5.26 Å². The molecule has 0 aliphatic rings. The Bertz CT molecular complexity index is 1180. The number of carbonyl (C=O) groups is 2. The van der Waals surface area contributed by atoms with Crippen LogP contribution < -0.4 is 10.1 Å². The van der Waals surface area contributed by atoms with Crippen LogP contribution in [0.1, 0.15) is 27.0 Å². The van der Waals surface area contributed by atoms with Crippen LogP contribution in [0.5, 0.6) is 5.75 Å². The van der Waals surface area contributed by atoms with Crippen molar-refractivity contribution in [2.24, 2.45) is 0 Å². The fourth-order valence-corrected chi connectivity index (χ4v) is 2.90. The molecule has 3 aromatic rings. The fourth-order valence-electron chi connectivity index (χ4n) is 2.90. The predicted molar refractivity (Wildman–Crippen MR) is 118 cm³/mol. The first kappa shape index (κ1) is 21.3. The number of carboxylic acid groups (broad SMARTS) is 1. The molecule has 0 saturated heterocycles. The van der Waals surface area contributed by atoms with Crippen LogP contribution >= 0.6 is 0 Å². The third kappa shape index (κ3) is 5.81. The highest BCUT2D eigenvalue weighted by atomic mass is 16.5. The minimum absolute atomic E-state index is 0.0546. The first-order valence-electron chi connectivity index (χ1n) is 9.50. The Morgan fingerprint density at radius 2 is 1.84 bits per heavy atom. The van der Waals surface area contributed by atoms with Gasteiger partial charge < -0.3 is 15.2 Å². The minimum atomic E-state index is -1.17. The molecule has 0 atom stereocenters. The van der Waals surface area contributed by atoms with Gasteiger partial charge in [0.05, 0.1) is 0 Å². The van der Waals surface area contributed by atoms with Crippen molar-refractivity contribution in [3.8, 4) is 11.8 Å². The average Bonchev–Trinajstić information content (AvgIpc) is 2.77. The molecule has 3 rings (SSSR count). The van der Waals surface area contributed by atoms with Crippen LogP contribution in [0.4, 0.5) is 5.69 Å². The van der Waals surface area contributed by atoms with Gasteiger partial charge in [-0.1, -0.05) is 48.5 Å². The van der Waals surface area contributed by atoms with Crippen molar-refractivity contribution in [1.29, 1.82) is 5.26 Å². The van der Waals surface area contributed by atoms with Gasteiger partial charge in [0, 0.05) is 5.69 Å². The van der Waals surface area contributed by atoms with Crippen LogP contribution in [0.25, 0.3) is 6.08 Å². The Labute approximate surface area is 180 Å². The molecule has 0 aliphatic heterocycles. The van der Waals surface area contributed by atoms with Crippen LogP contribution in [0, 0.1) is 18.3 Å². The molecule has 0 radical (unpaired) electrons. The molecule has 6 nitrogen and oxygen atoms in total. The molecule has 0 unspecified atom stereocenters. The van der Waals surface area contributed by atoms with Crippen molar-refractivity contribution in [3.05, 3.63) is 101 Å². The monoisotopic (exact) mass is 412 g/mol. The quantitative estimate of drug-likeness (QED) is 0.428. The molecule has 0 spiro atoms. The van der Waals surface area contributed by atoms with Crippen molar-refractivity contribution >= 4 is 23.6 Å². The molecule has 0 heterocycles. The number of hydrogen-bond acceptors (Lipinski definition) is 4. The lowest BCUT2D eigenvalue weighted by Gasteiger charge is -2.10. The zero-order valence-electron chi connectivity index (χ0n) is 16.8. The summed E-state index contributed by atoms with van der Waals surface area (Å²) in [6.45, 7) is 2.12. The van der Waals surface area contributed by atoms with Gasteiger partial charge in [-0.05, 0) is 54.0 Å². The number of nitrogens with one attached hydrogen (secondary N) is 1. The minimum Gasteiger partial charge on any atom is -0.488 e. The van der Waals surface area contributed by atoms with E-state index in [0.29, 0.717) is 11.3 Å². The van der Waals surface area contributed by atoms with Crippen LogP contribution in [-0.2, 0) is 11.4 Å². The molecule has 0 aromatic heterocycles. The maximum atomic E-state index is 12.5. The summed E-state index contributed by atoms with van der Waals surface area (Å²) in [7, 11) is 0. The zero-order valence-corrected chi connectivity index (χ0v) is 16.8. The lowest BCUT2D eigenvalue weighted by Crippen LogP contribution is -2.13. The number of carboxylic acids is 1. The number of benzene rings is 3. The van der Waals surface area contributed by atoms with Gasteiger partial charge in [-0.15, -0.1) is 0 Å². The van der Waals surface area contributed by atoms with Gasteiger partial charge in [0.25, 0.3) is 5.91 Å². The van der Waals surface area contributed by atoms with E-state index < -0.39 is 11.9 Å². The molecule has 3 aromatic carbocycles. The Balaban J connectivity index is 1.81. The molecule has 1 amide bonds. The topological polar surface area (TPSA) is 99.4 Å². The largest absolute Gasteiger partial charge is 0.488 e. The Kier molecular flexibility index (Phi) is 6.82. The van der Waals surface area contributed by atoms with Crippen molar-refractivity contribution in [3.63, 3.8) is 0 Å². The molecule has 31 heavy (non-hydrogen) atoms. The molecule has 0 saturated carbocycles. The lowest BCUT2D eigenvalue weighted by atomic mass is 10.1. The predicted octanol–water partition coefficient (Wildman–Crippen LogP) is 4.82. The summed E-state index contributed by atoms with van der Waals surface area (Å²) in [5.41, 5.74) is 2.65. The van der Waals surface area contributed by atoms with Crippen LogP contribution in [0.3, 0.4) is 0 Å².